The molecule has 1 fully saturated rings. The maximum Gasteiger partial charge on any atom is 0.128 e. The summed E-state index contributed by atoms with van der Waals surface area (Å²) in [4.78, 5) is 0. The molecule has 96 valence electrons. The van der Waals surface area contributed by atoms with E-state index in [4.69, 9.17) is 10.00 Å². The van der Waals surface area contributed by atoms with Gasteiger partial charge >= 0.3 is 0 Å². The molecule has 1 aromatic heterocycles. The maximum absolute atomic E-state index is 8.91. The number of hydrogen-bond donors (Lipinski definition) is 0. The molecule has 0 saturated heterocycles. The van der Waals surface area contributed by atoms with Crippen molar-refractivity contribution >= 4 is 0 Å². The van der Waals surface area contributed by atoms with Crippen LogP contribution in [0.4, 0.5) is 0 Å². The molecular weight excluding hydrogens is 238 g/mol. The van der Waals surface area contributed by atoms with E-state index in [-0.39, 0.29) is 0 Å². The zero-order valence-corrected chi connectivity index (χ0v) is 10.8. The van der Waals surface area contributed by atoms with Crippen molar-refractivity contribution in [2.75, 3.05) is 7.11 Å². The first kappa shape index (κ1) is 11.8. The number of ether oxygens (including phenoxy) is 1. The van der Waals surface area contributed by atoms with Crippen LogP contribution in [0.5, 0.6) is 5.75 Å². The average Bonchev–Trinajstić information content (AvgIpc) is 3.14. The SMILES string of the molecule is COc1cc(C#N)ccc1-c1cnn(CC2CC2)c1. The summed E-state index contributed by atoms with van der Waals surface area (Å²) in [7, 11) is 1.62. The van der Waals surface area contributed by atoms with Gasteiger partial charge in [0.05, 0.1) is 24.9 Å². The van der Waals surface area contributed by atoms with Crippen LogP contribution in [0.15, 0.2) is 30.6 Å². The highest BCUT2D eigenvalue weighted by atomic mass is 16.5. The first-order valence-electron chi connectivity index (χ1n) is 6.41. The van der Waals surface area contributed by atoms with Crippen molar-refractivity contribution < 1.29 is 4.74 Å². The van der Waals surface area contributed by atoms with Crippen LogP contribution >= 0.6 is 0 Å². The second-order valence-electron chi connectivity index (χ2n) is 4.92. The van der Waals surface area contributed by atoms with Gasteiger partial charge in [-0.1, -0.05) is 0 Å². The van der Waals surface area contributed by atoms with Gasteiger partial charge in [0.25, 0.3) is 0 Å². The van der Waals surface area contributed by atoms with Gasteiger partial charge in [0, 0.05) is 23.9 Å². The summed E-state index contributed by atoms with van der Waals surface area (Å²) < 4.78 is 7.35. The highest BCUT2D eigenvalue weighted by molar-refractivity contribution is 5.70. The first-order chi connectivity index (χ1) is 9.30. The van der Waals surface area contributed by atoms with Gasteiger partial charge in [-0.3, -0.25) is 4.68 Å². The maximum atomic E-state index is 8.91. The molecule has 0 aliphatic heterocycles. The molecule has 1 aliphatic rings. The molecule has 2 aromatic rings. The highest BCUT2D eigenvalue weighted by Gasteiger charge is 2.22. The first-order valence-corrected chi connectivity index (χ1v) is 6.41. The lowest BCUT2D eigenvalue weighted by Crippen LogP contribution is -1.99. The quantitative estimate of drug-likeness (QED) is 0.841. The van der Waals surface area contributed by atoms with Gasteiger partial charge in [-0.05, 0) is 37.0 Å². The fourth-order valence-electron chi connectivity index (χ4n) is 2.17. The lowest BCUT2D eigenvalue weighted by Gasteiger charge is -2.06. The van der Waals surface area contributed by atoms with E-state index in [0.717, 1.165) is 23.6 Å². The van der Waals surface area contributed by atoms with E-state index in [2.05, 4.69) is 11.2 Å². The molecule has 0 unspecified atom stereocenters. The lowest BCUT2D eigenvalue weighted by atomic mass is 10.1. The molecule has 0 atom stereocenters. The fraction of sp³-hybridized carbons (Fsp3) is 0.333. The summed E-state index contributed by atoms with van der Waals surface area (Å²) in [5.74, 6) is 1.51. The van der Waals surface area contributed by atoms with Crippen LogP contribution in [0, 0.1) is 17.2 Å². The number of hydrogen-bond acceptors (Lipinski definition) is 3. The Morgan fingerprint density at radius 3 is 3.00 bits per heavy atom. The molecule has 1 aromatic carbocycles. The van der Waals surface area contributed by atoms with Crippen molar-refractivity contribution in [1.29, 1.82) is 5.26 Å². The third kappa shape index (κ3) is 2.45. The van der Waals surface area contributed by atoms with Gasteiger partial charge in [0.1, 0.15) is 5.75 Å². The van der Waals surface area contributed by atoms with Crippen LogP contribution in [0.3, 0.4) is 0 Å². The number of benzene rings is 1. The number of aromatic nitrogens is 2. The Kier molecular flexibility index (Phi) is 2.96. The Morgan fingerprint density at radius 1 is 1.47 bits per heavy atom. The van der Waals surface area contributed by atoms with Crippen molar-refractivity contribution in [2.45, 2.75) is 19.4 Å². The minimum Gasteiger partial charge on any atom is -0.496 e. The number of nitrogens with zero attached hydrogens (tertiary/aromatic N) is 3. The van der Waals surface area contributed by atoms with E-state index in [1.807, 2.05) is 23.1 Å². The Balaban J connectivity index is 1.92. The summed E-state index contributed by atoms with van der Waals surface area (Å²) in [5.41, 5.74) is 2.61. The molecular formula is C15H15N3O. The standard InChI is InChI=1S/C15H15N3O/c1-19-15-6-12(7-16)4-5-14(15)13-8-17-18(10-13)9-11-2-3-11/h4-6,8,10-11H,2-3,9H2,1H3. The van der Waals surface area contributed by atoms with Crippen LogP contribution in [-0.2, 0) is 6.54 Å². The molecule has 0 spiro atoms. The average molecular weight is 253 g/mol. The van der Waals surface area contributed by atoms with Gasteiger partial charge in [-0.2, -0.15) is 10.4 Å². The molecule has 0 N–H and O–H groups in total. The molecule has 4 nitrogen and oxygen atoms in total. The van der Waals surface area contributed by atoms with E-state index >= 15 is 0 Å². The van der Waals surface area contributed by atoms with Crippen LogP contribution < -0.4 is 4.74 Å². The molecule has 0 radical (unpaired) electrons. The second-order valence-corrected chi connectivity index (χ2v) is 4.92. The summed E-state index contributed by atoms with van der Waals surface area (Å²) in [6.07, 6.45) is 6.53. The Morgan fingerprint density at radius 2 is 2.32 bits per heavy atom. The number of nitriles is 1. The summed E-state index contributed by atoms with van der Waals surface area (Å²) in [5, 5.41) is 13.3. The van der Waals surface area contributed by atoms with Crippen molar-refractivity contribution in [3.8, 4) is 22.9 Å². The van der Waals surface area contributed by atoms with Crippen molar-refractivity contribution in [3.05, 3.63) is 36.2 Å². The zero-order valence-electron chi connectivity index (χ0n) is 10.8. The Bertz CT molecular complexity index is 635. The minimum absolute atomic E-state index is 0.603. The smallest absolute Gasteiger partial charge is 0.128 e. The molecule has 0 bridgehead atoms. The monoisotopic (exact) mass is 253 g/mol. The number of rotatable bonds is 4. The van der Waals surface area contributed by atoms with E-state index < -0.39 is 0 Å². The van der Waals surface area contributed by atoms with E-state index in [1.54, 1.807) is 19.2 Å². The summed E-state index contributed by atoms with van der Waals surface area (Å²) >= 11 is 0. The molecule has 0 amide bonds. The van der Waals surface area contributed by atoms with Crippen LogP contribution in [0.1, 0.15) is 18.4 Å². The van der Waals surface area contributed by atoms with Crippen LogP contribution in [-0.4, -0.2) is 16.9 Å². The molecule has 3 rings (SSSR count). The van der Waals surface area contributed by atoms with Gasteiger partial charge < -0.3 is 4.74 Å². The molecule has 19 heavy (non-hydrogen) atoms. The summed E-state index contributed by atoms with van der Waals surface area (Å²) in [6.45, 7) is 0.999. The van der Waals surface area contributed by atoms with E-state index in [1.165, 1.54) is 12.8 Å². The Hall–Kier alpha value is -2.28. The van der Waals surface area contributed by atoms with Crippen molar-refractivity contribution in [1.82, 2.24) is 9.78 Å². The predicted octanol–water partition coefficient (Wildman–Crippen LogP) is 2.84. The van der Waals surface area contributed by atoms with Gasteiger partial charge in [-0.25, -0.2) is 0 Å². The fourth-order valence-corrected chi connectivity index (χ4v) is 2.17. The molecule has 1 saturated carbocycles. The second kappa shape index (κ2) is 4.77. The molecule has 1 heterocycles. The topological polar surface area (TPSA) is 50.8 Å². The van der Waals surface area contributed by atoms with Crippen molar-refractivity contribution in [3.63, 3.8) is 0 Å². The lowest BCUT2D eigenvalue weighted by molar-refractivity contribution is 0.416. The largest absolute Gasteiger partial charge is 0.496 e. The minimum atomic E-state index is 0.603. The van der Waals surface area contributed by atoms with Crippen LogP contribution in [0.25, 0.3) is 11.1 Å². The molecule has 4 heteroatoms. The number of methoxy groups -OCH3 is 1. The third-order valence-corrected chi connectivity index (χ3v) is 3.42. The normalized spacial score (nSPS) is 14.1. The van der Waals surface area contributed by atoms with E-state index in [0.29, 0.717) is 11.3 Å². The predicted molar refractivity (Wildman–Crippen MR) is 71.7 cm³/mol. The Labute approximate surface area is 112 Å². The summed E-state index contributed by atoms with van der Waals surface area (Å²) in [6, 6.07) is 7.59. The van der Waals surface area contributed by atoms with E-state index in [9.17, 15) is 0 Å². The molecule has 1 aliphatic carbocycles. The van der Waals surface area contributed by atoms with Crippen LogP contribution in [0.2, 0.25) is 0 Å². The van der Waals surface area contributed by atoms with Gasteiger partial charge in [0.15, 0.2) is 0 Å². The highest BCUT2D eigenvalue weighted by Crippen LogP contribution is 2.33. The zero-order chi connectivity index (χ0) is 13.2. The third-order valence-electron chi connectivity index (χ3n) is 3.42. The van der Waals surface area contributed by atoms with Gasteiger partial charge in [0.2, 0.25) is 0 Å². The van der Waals surface area contributed by atoms with Crippen molar-refractivity contribution in [2.24, 2.45) is 5.92 Å². The van der Waals surface area contributed by atoms with Gasteiger partial charge in [-0.15, -0.1) is 0 Å².